The summed E-state index contributed by atoms with van der Waals surface area (Å²) in [5.74, 6) is -5.71. The number of piperidine rings is 1. The first-order chi connectivity index (χ1) is 19.2. The number of nitrogens with zero attached hydrogens (tertiary/aromatic N) is 3. The molecule has 0 spiro atoms. The number of pyridine rings is 1. The largest absolute Gasteiger partial charge is 0.435 e. The predicted octanol–water partition coefficient (Wildman–Crippen LogP) is 4.85. The number of nitrogens with one attached hydrogen (secondary N) is 3. The van der Waals surface area contributed by atoms with Gasteiger partial charge in [0.05, 0.1) is 21.8 Å². The van der Waals surface area contributed by atoms with Crippen LogP contribution in [0.1, 0.15) is 12.8 Å². The second kappa shape index (κ2) is 11.4. The summed E-state index contributed by atoms with van der Waals surface area (Å²) in [4.78, 5) is 12.1. The first-order valence-electron chi connectivity index (χ1n) is 12.1. The maximum absolute atomic E-state index is 15.0. The molecule has 0 unspecified atom stereocenters. The average molecular weight is 575 g/mol. The fraction of sp³-hybridized carbons (Fsp3) is 0.192. The molecule has 14 heteroatoms. The Morgan fingerprint density at radius 1 is 0.950 bits per heavy atom. The first-order valence-corrected chi connectivity index (χ1v) is 13.6. The van der Waals surface area contributed by atoms with E-state index in [0.717, 1.165) is 38.1 Å². The molecule has 0 aliphatic carbocycles. The Balaban J connectivity index is 1.38. The van der Waals surface area contributed by atoms with Gasteiger partial charge in [-0.05, 0) is 61.9 Å². The molecule has 1 saturated heterocycles. The van der Waals surface area contributed by atoms with E-state index >= 15 is 0 Å². The normalized spacial score (nSPS) is 15.4. The molecule has 0 bridgehead atoms. The summed E-state index contributed by atoms with van der Waals surface area (Å²) in [5, 5.41) is 6.56. The highest BCUT2D eigenvalue weighted by atomic mass is 32.2. The number of aromatic nitrogens is 3. The summed E-state index contributed by atoms with van der Waals surface area (Å²) in [6.07, 6.45) is 4.91. The van der Waals surface area contributed by atoms with E-state index in [0.29, 0.717) is 35.4 Å². The molecule has 4 aromatic rings. The zero-order chi connectivity index (χ0) is 28.3. The summed E-state index contributed by atoms with van der Waals surface area (Å²) in [6, 6.07) is 8.47. The van der Waals surface area contributed by atoms with Crippen LogP contribution in [-0.4, -0.2) is 42.5 Å². The molecule has 9 nitrogen and oxygen atoms in total. The summed E-state index contributed by atoms with van der Waals surface area (Å²) in [6.45, 7) is 1.72. The van der Waals surface area contributed by atoms with E-state index in [1.165, 1.54) is 6.20 Å². The zero-order valence-electron chi connectivity index (χ0n) is 20.7. The molecular formula is C26H22F4N6O3S. The third-order valence-corrected chi connectivity index (χ3v) is 7.32. The van der Waals surface area contributed by atoms with E-state index in [1.54, 1.807) is 29.1 Å². The van der Waals surface area contributed by atoms with Crippen LogP contribution in [-0.2, 0) is 10.0 Å². The lowest BCUT2D eigenvalue weighted by Crippen LogP contribution is -2.38. The number of hydrogen-bond donors (Lipinski definition) is 3. The lowest BCUT2D eigenvalue weighted by Gasteiger charge is -2.23. The van der Waals surface area contributed by atoms with E-state index in [9.17, 15) is 26.0 Å². The van der Waals surface area contributed by atoms with Gasteiger partial charge in [-0.1, -0.05) is 0 Å². The van der Waals surface area contributed by atoms with Crippen LogP contribution in [0.4, 0.5) is 29.2 Å². The molecule has 3 N–H and O–H groups in total. The molecule has 0 amide bonds. The second-order valence-corrected chi connectivity index (χ2v) is 10.5. The second-order valence-electron chi connectivity index (χ2n) is 8.86. The Hall–Kier alpha value is -4.30. The average Bonchev–Trinajstić information content (AvgIpc) is 2.93. The number of sulfonamides is 1. The Morgan fingerprint density at radius 3 is 2.50 bits per heavy atom. The molecule has 2 aromatic heterocycles. The van der Waals surface area contributed by atoms with E-state index in [2.05, 4.69) is 25.6 Å². The predicted molar refractivity (Wildman–Crippen MR) is 138 cm³/mol. The van der Waals surface area contributed by atoms with Crippen molar-refractivity contribution in [1.29, 1.82) is 0 Å². The van der Waals surface area contributed by atoms with Crippen molar-refractivity contribution in [1.82, 2.24) is 20.3 Å². The van der Waals surface area contributed by atoms with Gasteiger partial charge in [-0.25, -0.2) is 36.5 Å². The minimum Gasteiger partial charge on any atom is -0.435 e. The fourth-order valence-electron chi connectivity index (χ4n) is 4.08. The number of benzene rings is 2. The van der Waals surface area contributed by atoms with Crippen molar-refractivity contribution in [2.75, 3.05) is 23.1 Å². The van der Waals surface area contributed by atoms with E-state index in [4.69, 9.17) is 4.74 Å². The zero-order valence-corrected chi connectivity index (χ0v) is 21.5. The molecule has 5 rings (SSSR count). The molecule has 2 aromatic carbocycles. The molecule has 1 aliphatic heterocycles. The number of hydrogen-bond acceptors (Lipinski definition) is 8. The molecule has 208 valence electrons. The van der Waals surface area contributed by atoms with Gasteiger partial charge < -0.3 is 15.4 Å². The third-order valence-electron chi connectivity index (χ3n) is 5.98. The van der Waals surface area contributed by atoms with Crippen LogP contribution < -0.4 is 20.1 Å². The van der Waals surface area contributed by atoms with Crippen molar-refractivity contribution in [3.8, 4) is 22.9 Å². The number of ether oxygens (including phenoxy) is 1. The van der Waals surface area contributed by atoms with Crippen LogP contribution in [0.2, 0.25) is 0 Å². The van der Waals surface area contributed by atoms with Crippen molar-refractivity contribution in [3.05, 3.63) is 84.2 Å². The van der Waals surface area contributed by atoms with Gasteiger partial charge >= 0.3 is 0 Å². The molecular weight excluding hydrogens is 552 g/mol. The highest BCUT2D eigenvalue weighted by molar-refractivity contribution is 7.92. The summed E-state index contributed by atoms with van der Waals surface area (Å²) in [7, 11) is -4.64. The molecule has 1 fully saturated rings. The smallest absolute Gasteiger partial charge is 0.262 e. The Morgan fingerprint density at radius 2 is 1.75 bits per heavy atom. The van der Waals surface area contributed by atoms with Gasteiger partial charge in [0.25, 0.3) is 10.0 Å². The van der Waals surface area contributed by atoms with Crippen LogP contribution in [0.25, 0.3) is 11.3 Å². The van der Waals surface area contributed by atoms with Gasteiger partial charge in [-0.3, -0.25) is 4.72 Å². The maximum atomic E-state index is 15.0. The van der Waals surface area contributed by atoms with Gasteiger partial charge in [0.1, 0.15) is 11.6 Å². The van der Waals surface area contributed by atoms with Gasteiger partial charge in [-0.15, -0.1) is 0 Å². The Labute approximate surface area is 226 Å². The van der Waals surface area contributed by atoms with Crippen molar-refractivity contribution >= 4 is 21.7 Å². The topological polar surface area (TPSA) is 118 Å². The highest BCUT2D eigenvalue weighted by Crippen LogP contribution is 2.34. The molecule has 1 atom stereocenters. The third kappa shape index (κ3) is 6.13. The van der Waals surface area contributed by atoms with Crippen molar-refractivity contribution < 1.29 is 30.7 Å². The summed E-state index contributed by atoms with van der Waals surface area (Å²) < 4.78 is 89.2. The van der Waals surface area contributed by atoms with Crippen molar-refractivity contribution in [2.45, 2.75) is 23.8 Å². The molecule has 0 radical (unpaired) electrons. The lowest BCUT2D eigenvalue weighted by atomic mass is 10.1. The van der Waals surface area contributed by atoms with Crippen LogP contribution in [0, 0.1) is 23.3 Å². The number of anilines is 2. The fourth-order valence-corrected chi connectivity index (χ4v) is 5.18. The number of rotatable bonds is 8. The summed E-state index contributed by atoms with van der Waals surface area (Å²) in [5.41, 5.74) is -0.0103. The minimum absolute atomic E-state index is 0.0895. The lowest BCUT2D eigenvalue weighted by molar-refractivity contribution is 0.407. The molecule has 3 heterocycles. The maximum Gasteiger partial charge on any atom is 0.262 e. The Kier molecular flexibility index (Phi) is 7.80. The highest BCUT2D eigenvalue weighted by Gasteiger charge is 2.23. The van der Waals surface area contributed by atoms with Crippen LogP contribution in [0.3, 0.4) is 0 Å². The van der Waals surface area contributed by atoms with Crippen LogP contribution >= 0.6 is 0 Å². The quantitative estimate of drug-likeness (QED) is 0.256. The van der Waals surface area contributed by atoms with Crippen molar-refractivity contribution in [3.63, 3.8) is 0 Å². The van der Waals surface area contributed by atoms with E-state index in [1.807, 2.05) is 0 Å². The van der Waals surface area contributed by atoms with Gasteiger partial charge in [0.15, 0.2) is 11.6 Å². The van der Waals surface area contributed by atoms with Crippen molar-refractivity contribution in [2.24, 2.45) is 0 Å². The van der Waals surface area contributed by atoms with Crippen LogP contribution in [0.5, 0.6) is 11.6 Å². The van der Waals surface area contributed by atoms with Gasteiger partial charge in [-0.2, -0.15) is 4.39 Å². The van der Waals surface area contributed by atoms with E-state index in [-0.39, 0.29) is 11.9 Å². The van der Waals surface area contributed by atoms with E-state index < -0.39 is 49.6 Å². The van der Waals surface area contributed by atoms with Gasteiger partial charge in [0, 0.05) is 31.0 Å². The molecule has 0 saturated carbocycles. The molecule has 40 heavy (non-hydrogen) atoms. The number of halogens is 4. The Bertz CT molecular complexity index is 1630. The van der Waals surface area contributed by atoms with Gasteiger partial charge in [0.2, 0.25) is 17.6 Å². The monoisotopic (exact) mass is 574 g/mol. The molecule has 1 aliphatic rings. The summed E-state index contributed by atoms with van der Waals surface area (Å²) >= 11 is 0. The SMILES string of the molecule is O=S(=O)(Nc1ccc(Oc2ncccc2-c2ccnc(N[C@H]3CCCNC3)n2)c(F)c1F)c1cc(F)cc(F)c1. The first kappa shape index (κ1) is 27.3. The van der Waals surface area contributed by atoms with Crippen LogP contribution in [0.15, 0.2) is 65.8 Å². The standard InChI is InChI=1S/C26H22F4N6O3S/c27-15-11-16(28)13-18(12-15)40(37,38)36-21-5-6-22(24(30)23(21)29)39-25-19(4-2-9-32-25)20-7-10-33-26(35-20)34-17-3-1-8-31-14-17/h2,4-7,9-13,17,31,36H,1,3,8,14H2,(H,33,34,35)/t17-/m0/s1. The minimum atomic E-state index is -4.64.